The quantitative estimate of drug-likeness (QED) is 0.732. The summed E-state index contributed by atoms with van der Waals surface area (Å²) in [7, 11) is 0. The molecule has 0 unspecified atom stereocenters. The molecule has 2 aliphatic rings. The molecule has 2 saturated heterocycles. The van der Waals surface area contributed by atoms with Crippen LogP contribution in [0.25, 0.3) is 11.3 Å². The maximum absolute atomic E-state index is 13.2. The van der Waals surface area contributed by atoms with E-state index in [-0.39, 0.29) is 11.8 Å². The lowest BCUT2D eigenvalue weighted by Crippen LogP contribution is -2.48. The lowest BCUT2D eigenvalue weighted by atomic mass is 10.0. The van der Waals surface area contributed by atoms with Crippen molar-refractivity contribution in [1.82, 2.24) is 19.8 Å². The zero-order valence-corrected chi connectivity index (χ0v) is 19.5. The number of amides is 2. The highest BCUT2D eigenvalue weighted by Gasteiger charge is 2.26. The Bertz CT molecular complexity index is 935. The van der Waals surface area contributed by atoms with Gasteiger partial charge in [0, 0.05) is 58.0 Å². The molecule has 8 nitrogen and oxygen atoms in total. The minimum atomic E-state index is -0.0669. The number of carbonyl (C=O) groups is 2. The van der Waals surface area contributed by atoms with E-state index >= 15 is 0 Å². The molecule has 4 rings (SSSR count). The highest BCUT2D eigenvalue weighted by Crippen LogP contribution is 2.26. The van der Waals surface area contributed by atoms with Crippen LogP contribution in [0.4, 0.5) is 5.95 Å². The number of piperazine rings is 1. The lowest BCUT2D eigenvalue weighted by molar-refractivity contribution is -0.129. The summed E-state index contributed by atoms with van der Waals surface area (Å²) in [5.74, 6) is 0.610. The first-order valence-corrected chi connectivity index (χ1v) is 11.3. The number of aromatic nitrogens is 2. The van der Waals surface area contributed by atoms with Crippen LogP contribution in [-0.4, -0.2) is 84.1 Å². The number of benzene rings is 1. The minimum Gasteiger partial charge on any atom is -0.378 e. The van der Waals surface area contributed by atoms with E-state index in [4.69, 9.17) is 9.72 Å². The largest absolute Gasteiger partial charge is 0.378 e. The standard InChI is InChI=1S/C22H27N5O3.C2H6/c1-16-4-3-5-18(14-16)20-19(21(29)26-10-12-30-13-11-26)15-23-22(24-20)27-8-6-25(7-9-27)17(2)28;1-2/h3-5,14-15H,6-13H2,1-2H3;1-2H3. The van der Waals surface area contributed by atoms with Gasteiger partial charge in [-0.1, -0.05) is 37.6 Å². The van der Waals surface area contributed by atoms with Gasteiger partial charge in [0.05, 0.1) is 24.5 Å². The van der Waals surface area contributed by atoms with Crippen LogP contribution in [0, 0.1) is 6.92 Å². The molecule has 32 heavy (non-hydrogen) atoms. The molecule has 8 heteroatoms. The van der Waals surface area contributed by atoms with Gasteiger partial charge >= 0.3 is 0 Å². The van der Waals surface area contributed by atoms with Crippen LogP contribution in [0.1, 0.15) is 36.7 Å². The van der Waals surface area contributed by atoms with E-state index in [1.807, 2.05) is 49.9 Å². The third-order valence-electron chi connectivity index (χ3n) is 5.60. The Morgan fingerprint density at radius 1 is 0.969 bits per heavy atom. The number of hydrogen-bond donors (Lipinski definition) is 0. The predicted octanol–water partition coefficient (Wildman–Crippen LogP) is 2.62. The van der Waals surface area contributed by atoms with Crippen LogP contribution < -0.4 is 4.90 Å². The molecule has 0 radical (unpaired) electrons. The van der Waals surface area contributed by atoms with Crippen LogP contribution in [0.3, 0.4) is 0 Å². The second-order valence-electron chi connectivity index (χ2n) is 7.70. The number of rotatable bonds is 3. The highest BCUT2D eigenvalue weighted by atomic mass is 16.5. The van der Waals surface area contributed by atoms with Crippen molar-refractivity contribution in [1.29, 1.82) is 0 Å². The Balaban J connectivity index is 0.00000141. The number of morpholine rings is 1. The summed E-state index contributed by atoms with van der Waals surface area (Å²) in [6.07, 6.45) is 1.65. The molecule has 3 heterocycles. The fourth-order valence-corrected chi connectivity index (χ4v) is 3.85. The lowest BCUT2D eigenvalue weighted by Gasteiger charge is -2.34. The van der Waals surface area contributed by atoms with E-state index in [0.717, 1.165) is 11.1 Å². The van der Waals surface area contributed by atoms with Gasteiger partial charge in [0.15, 0.2) is 0 Å². The number of aryl methyl sites for hydroxylation is 1. The van der Waals surface area contributed by atoms with E-state index in [1.54, 1.807) is 18.0 Å². The summed E-state index contributed by atoms with van der Waals surface area (Å²) < 4.78 is 5.38. The number of carbonyl (C=O) groups excluding carboxylic acids is 2. The molecule has 2 aromatic rings. The van der Waals surface area contributed by atoms with Gasteiger partial charge in [0.1, 0.15) is 0 Å². The third-order valence-corrected chi connectivity index (χ3v) is 5.60. The second-order valence-corrected chi connectivity index (χ2v) is 7.70. The van der Waals surface area contributed by atoms with E-state index in [9.17, 15) is 9.59 Å². The molecule has 172 valence electrons. The van der Waals surface area contributed by atoms with Crippen molar-refractivity contribution in [3.8, 4) is 11.3 Å². The van der Waals surface area contributed by atoms with Crippen LogP contribution in [0.5, 0.6) is 0 Å². The SMILES string of the molecule is CC.CC(=O)N1CCN(c2ncc(C(=O)N3CCOCC3)c(-c3cccc(C)c3)n2)CC1. The second kappa shape index (κ2) is 11.0. The van der Waals surface area contributed by atoms with Gasteiger partial charge in [0.2, 0.25) is 11.9 Å². The van der Waals surface area contributed by atoms with E-state index in [2.05, 4.69) is 9.88 Å². The molecule has 2 amide bonds. The fourth-order valence-electron chi connectivity index (χ4n) is 3.85. The van der Waals surface area contributed by atoms with E-state index in [0.29, 0.717) is 69.7 Å². The average Bonchev–Trinajstić information content (AvgIpc) is 2.85. The number of ether oxygens (including phenoxy) is 1. The van der Waals surface area contributed by atoms with Crippen molar-refractivity contribution in [2.75, 3.05) is 57.4 Å². The molecule has 0 aliphatic carbocycles. The summed E-state index contributed by atoms with van der Waals surface area (Å²) >= 11 is 0. The summed E-state index contributed by atoms with van der Waals surface area (Å²) in [6, 6.07) is 8.01. The molecule has 2 fully saturated rings. The normalized spacial score (nSPS) is 16.3. The molecule has 1 aromatic heterocycles. The smallest absolute Gasteiger partial charge is 0.257 e. The molecule has 0 spiro atoms. The van der Waals surface area contributed by atoms with Crippen LogP contribution in [0.2, 0.25) is 0 Å². The zero-order valence-electron chi connectivity index (χ0n) is 19.5. The molecule has 0 saturated carbocycles. The Morgan fingerprint density at radius 2 is 1.66 bits per heavy atom. The van der Waals surface area contributed by atoms with Crippen molar-refractivity contribution in [3.05, 3.63) is 41.6 Å². The average molecular weight is 440 g/mol. The zero-order chi connectivity index (χ0) is 23.1. The van der Waals surface area contributed by atoms with Crippen molar-refractivity contribution in [2.45, 2.75) is 27.7 Å². The monoisotopic (exact) mass is 439 g/mol. The van der Waals surface area contributed by atoms with Crippen LogP contribution in [-0.2, 0) is 9.53 Å². The highest BCUT2D eigenvalue weighted by molar-refractivity contribution is 6.00. The van der Waals surface area contributed by atoms with Gasteiger partial charge < -0.3 is 19.4 Å². The molecular formula is C24H33N5O3. The third kappa shape index (κ3) is 5.43. The van der Waals surface area contributed by atoms with Gasteiger partial charge in [0.25, 0.3) is 5.91 Å². The maximum Gasteiger partial charge on any atom is 0.257 e. The first-order chi connectivity index (χ1) is 15.5. The molecule has 0 atom stereocenters. The van der Waals surface area contributed by atoms with Crippen molar-refractivity contribution >= 4 is 17.8 Å². The van der Waals surface area contributed by atoms with E-state index in [1.165, 1.54) is 0 Å². The van der Waals surface area contributed by atoms with Gasteiger partial charge in [-0.15, -0.1) is 0 Å². The van der Waals surface area contributed by atoms with Crippen molar-refractivity contribution in [2.24, 2.45) is 0 Å². The van der Waals surface area contributed by atoms with Crippen LogP contribution >= 0.6 is 0 Å². The minimum absolute atomic E-state index is 0.0669. The Hall–Kier alpha value is -3.00. The Kier molecular flexibility index (Phi) is 8.16. The first-order valence-electron chi connectivity index (χ1n) is 11.3. The first kappa shape index (κ1) is 23.7. The molecule has 0 bridgehead atoms. The van der Waals surface area contributed by atoms with Crippen LogP contribution in [0.15, 0.2) is 30.5 Å². The van der Waals surface area contributed by atoms with Gasteiger partial charge in [-0.25, -0.2) is 9.97 Å². The van der Waals surface area contributed by atoms with Gasteiger partial charge in [-0.05, 0) is 13.0 Å². The maximum atomic E-state index is 13.2. The topological polar surface area (TPSA) is 78.9 Å². The number of anilines is 1. The molecule has 2 aliphatic heterocycles. The Labute approximate surface area is 190 Å². The van der Waals surface area contributed by atoms with Crippen molar-refractivity contribution < 1.29 is 14.3 Å². The number of hydrogen-bond acceptors (Lipinski definition) is 6. The summed E-state index contributed by atoms with van der Waals surface area (Å²) in [4.78, 5) is 39.9. The van der Waals surface area contributed by atoms with Crippen molar-refractivity contribution in [3.63, 3.8) is 0 Å². The Morgan fingerprint density at radius 3 is 2.28 bits per heavy atom. The molecular weight excluding hydrogens is 406 g/mol. The fraction of sp³-hybridized carbons (Fsp3) is 0.500. The van der Waals surface area contributed by atoms with E-state index < -0.39 is 0 Å². The molecule has 0 N–H and O–H groups in total. The van der Waals surface area contributed by atoms with Gasteiger partial charge in [-0.3, -0.25) is 9.59 Å². The van der Waals surface area contributed by atoms with Gasteiger partial charge in [-0.2, -0.15) is 0 Å². The molecule has 1 aromatic carbocycles. The predicted molar refractivity (Wildman–Crippen MR) is 125 cm³/mol. The summed E-state index contributed by atoms with van der Waals surface area (Å²) in [5.41, 5.74) is 3.16. The summed E-state index contributed by atoms with van der Waals surface area (Å²) in [6.45, 7) is 12.5. The number of nitrogens with zero attached hydrogens (tertiary/aromatic N) is 5. The summed E-state index contributed by atoms with van der Waals surface area (Å²) in [5, 5.41) is 0.